The summed E-state index contributed by atoms with van der Waals surface area (Å²) in [5.74, 6) is -0.184. The van der Waals surface area contributed by atoms with E-state index in [1.165, 1.54) is 270 Å². The molecule has 6 N–H and O–H groups in total. The molecule has 1 amide bonds. The van der Waals surface area contributed by atoms with Crippen LogP contribution in [0.4, 0.5) is 0 Å². The van der Waals surface area contributed by atoms with Crippen molar-refractivity contribution in [1.82, 2.24) is 5.32 Å². The number of allylic oxidation sites excluding steroid dienone is 5. The predicted molar refractivity (Wildman–Crippen MR) is 327 cm³/mol. The Hall–Kier alpha value is -1.59. The van der Waals surface area contributed by atoms with Gasteiger partial charge in [0.2, 0.25) is 5.91 Å². The third-order valence-electron chi connectivity index (χ3n) is 16.2. The summed E-state index contributed by atoms with van der Waals surface area (Å²) in [5.41, 5.74) is 0. The van der Waals surface area contributed by atoms with Gasteiger partial charge in [0.25, 0.3) is 0 Å². The first-order valence-electron chi connectivity index (χ1n) is 33.7. The summed E-state index contributed by atoms with van der Waals surface area (Å²) in [7, 11) is 0. The molecular formula is C68H129NO8. The minimum absolute atomic E-state index is 0.184. The van der Waals surface area contributed by atoms with E-state index in [2.05, 4.69) is 43.5 Å². The highest BCUT2D eigenvalue weighted by Gasteiger charge is 2.44. The van der Waals surface area contributed by atoms with E-state index in [9.17, 15) is 30.3 Å². The van der Waals surface area contributed by atoms with Gasteiger partial charge in [0.1, 0.15) is 24.4 Å². The molecule has 0 aromatic rings. The number of aliphatic hydroxyl groups is 5. The zero-order valence-corrected chi connectivity index (χ0v) is 50.7. The maximum Gasteiger partial charge on any atom is 0.220 e. The second-order valence-corrected chi connectivity index (χ2v) is 23.6. The number of carbonyl (C=O) groups is 1. The number of ether oxygens (including phenoxy) is 2. The lowest BCUT2D eigenvalue weighted by Crippen LogP contribution is -2.60. The van der Waals surface area contributed by atoms with E-state index < -0.39 is 49.5 Å². The lowest BCUT2D eigenvalue weighted by atomic mass is 9.99. The summed E-state index contributed by atoms with van der Waals surface area (Å²) >= 11 is 0. The molecule has 9 heteroatoms. The van der Waals surface area contributed by atoms with Gasteiger partial charge in [-0.1, -0.05) is 320 Å². The predicted octanol–water partition coefficient (Wildman–Crippen LogP) is 17.9. The average molecular weight is 1090 g/mol. The van der Waals surface area contributed by atoms with Gasteiger partial charge < -0.3 is 40.3 Å². The summed E-state index contributed by atoms with van der Waals surface area (Å²) in [5, 5.41) is 54.6. The Balaban J connectivity index is 2.12. The molecule has 0 aromatic carbocycles. The topological polar surface area (TPSA) is 149 Å². The highest BCUT2D eigenvalue weighted by atomic mass is 16.7. The lowest BCUT2D eigenvalue weighted by Gasteiger charge is -2.40. The van der Waals surface area contributed by atoms with Crippen LogP contribution in [0.3, 0.4) is 0 Å². The highest BCUT2D eigenvalue weighted by molar-refractivity contribution is 5.76. The molecule has 1 rings (SSSR count). The normalized spacial score (nSPS) is 18.9. The number of carbonyl (C=O) groups excluding carboxylic acids is 1. The van der Waals surface area contributed by atoms with Crippen molar-refractivity contribution in [3.63, 3.8) is 0 Å². The molecule has 0 spiro atoms. The van der Waals surface area contributed by atoms with Crippen LogP contribution in [0.2, 0.25) is 0 Å². The van der Waals surface area contributed by atoms with E-state index in [0.29, 0.717) is 6.42 Å². The van der Waals surface area contributed by atoms with E-state index >= 15 is 0 Å². The molecular weight excluding hydrogens is 959 g/mol. The van der Waals surface area contributed by atoms with Crippen LogP contribution in [-0.4, -0.2) is 87.5 Å². The number of nitrogens with one attached hydrogen (secondary N) is 1. The van der Waals surface area contributed by atoms with Gasteiger partial charge in [0.05, 0.1) is 25.4 Å². The molecule has 7 unspecified atom stereocenters. The van der Waals surface area contributed by atoms with Crippen molar-refractivity contribution in [2.75, 3.05) is 13.2 Å². The van der Waals surface area contributed by atoms with Crippen LogP contribution in [0.15, 0.2) is 36.5 Å². The minimum atomic E-state index is -1.57. The standard InChI is InChI=1S/C68H129NO8/c1-3-5-7-9-11-13-15-17-19-21-23-25-26-27-28-29-30-31-32-33-34-35-36-37-38-40-42-44-46-48-50-52-54-56-58-64(72)69-61(60-76-68-67(75)66(74)65(73)63(59-70)77-68)62(71)57-55-53-51-49-47-45-43-41-39-24-22-20-18-16-14-12-10-8-6-4-2/h39,41,47,49,55,57,61-63,65-68,70-71,73-75H,3-38,40,42-46,48,50-54,56,58-60H2,1-2H3,(H,69,72)/b41-39+,49-47+,57-55+. The Labute approximate surface area is 476 Å². The molecule has 454 valence electrons. The van der Waals surface area contributed by atoms with E-state index in [-0.39, 0.29) is 12.5 Å². The molecule has 1 aliphatic rings. The Bertz CT molecular complexity index is 1310. The van der Waals surface area contributed by atoms with Crippen molar-refractivity contribution in [2.45, 2.75) is 378 Å². The fourth-order valence-corrected chi connectivity index (χ4v) is 10.9. The van der Waals surface area contributed by atoms with Gasteiger partial charge >= 0.3 is 0 Å². The molecule has 0 saturated carbocycles. The summed E-state index contributed by atoms with van der Waals surface area (Å²) in [6.45, 7) is 3.80. The van der Waals surface area contributed by atoms with Gasteiger partial charge in [0, 0.05) is 6.42 Å². The van der Waals surface area contributed by atoms with Crippen molar-refractivity contribution in [2.24, 2.45) is 0 Å². The molecule has 77 heavy (non-hydrogen) atoms. The van der Waals surface area contributed by atoms with Gasteiger partial charge in [-0.3, -0.25) is 4.79 Å². The third-order valence-corrected chi connectivity index (χ3v) is 16.2. The van der Waals surface area contributed by atoms with Crippen LogP contribution < -0.4 is 5.32 Å². The monoisotopic (exact) mass is 1090 g/mol. The summed E-state index contributed by atoms with van der Waals surface area (Å²) in [6, 6.07) is -0.827. The Morgan fingerprint density at radius 1 is 0.429 bits per heavy atom. The molecule has 9 nitrogen and oxygen atoms in total. The van der Waals surface area contributed by atoms with Gasteiger partial charge in [-0.15, -0.1) is 0 Å². The number of hydrogen-bond donors (Lipinski definition) is 6. The first-order chi connectivity index (χ1) is 37.8. The number of amides is 1. The number of hydrogen-bond acceptors (Lipinski definition) is 8. The van der Waals surface area contributed by atoms with Crippen molar-refractivity contribution < 1.29 is 39.8 Å². The largest absolute Gasteiger partial charge is 0.394 e. The van der Waals surface area contributed by atoms with Crippen LogP contribution in [0.25, 0.3) is 0 Å². The Morgan fingerprint density at radius 3 is 1.09 bits per heavy atom. The smallest absolute Gasteiger partial charge is 0.220 e. The average Bonchev–Trinajstić information content (AvgIpc) is 3.43. The Morgan fingerprint density at radius 2 is 0.740 bits per heavy atom. The van der Waals surface area contributed by atoms with E-state index in [0.717, 1.165) is 44.9 Å². The lowest BCUT2D eigenvalue weighted by molar-refractivity contribution is -0.302. The first kappa shape index (κ1) is 73.4. The fourth-order valence-electron chi connectivity index (χ4n) is 10.9. The molecule has 0 aromatic heterocycles. The second-order valence-electron chi connectivity index (χ2n) is 23.6. The van der Waals surface area contributed by atoms with Crippen molar-refractivity contribution in [3.05, 3.63) is 36.5 Å². The van der Waals surface area contributed by atoms with Gasteiger partial charge in [-0.2, -0.15) is 0 Å². The zero-order chi connectivity index (χ0) is 55.8. The van der Waals surface area contributed by atoms with Crippen molar-refractivity contribution in [1.29, 1.82) is 0 Å². The summed E-state index contributed by atoms with van der Waals surface area (Å²) in [6.07, 6.45) is 69.7. The van der Waals surface area contributed by atoms with Gasteiger partial charge in [-0.05, 0) is 44.9 Å². The van der Waals surface area contributed by atoms with E-state index in [1.807, 2.05) is 6.08 Å². The number of aliphatic hydroxyl groups excluding tert-OH is 5. The van der Waals surface area contributed by atoms with E-state index in [1.54, 1.807) is 6.08 Å². The van der Waals surface area contributed by atoms with Crippen LogP contribution in [0.1, 0.15) is 335 Å². The second kappa shape index (κ2) is 57.6. The molecule has 0 aliphatic carbocycles. The number of unbranched alkanes of at least 4 members (excludes halogenated alkanes) is 45. The molecule has 0 bridgehead atoms. The first-order valence-corrected chi connectivity index (χ1v) is 33.7. The molecule has 0 radical (unpaired) electrons. The summed E-state index contributed by atoms with van der Waals surface area (Å²) in [4.78, 5) is 13.1. The van der Waals surface area contributed by atoms with E-state index in [4.69, 9.17) is 9.47 Å². The quantitative estimate of drug-likeness (QED) is 0.0261. The molecule has 7 atom stereocenters. The molecule has 1 aliphatic heterocycles. The Kier molecular flexibility index (Phi) is 55.0. The molecule has 1 heterocycles. The van der Waals surface area contributed by atoms with Gasteiger partial charge in [-0.25, -0.2) is 0 Å². The van der Waals surface area contributed by atoms with Crippen LogP contribution in [0.5, 0.6) is 0 Å². The molecule has 1 fully saturated rings. The third kappa shape index (κ3) is 46.7. The van der Waals surface area contributed by atoms with Crippen LogP contribution in [-0.2, 0) is 14.3 Å². The van der Waals surface area contributed by atoms with Crippen molar-refractivity contribution in [3.8, 4) is 0 Å². The zero-order valence-electron chi connectivity index (χ0n) is 50.7. The van der Waals surface area contributed by atoms with Gasteiger partial charge in [0.15, 0.2) is 6.29 Å². The molecule has 1 saturated heterocycles. The van der Waals surface area contributed by atoms with Crippen LogP contribution in [0, 0.1) is 0 Å². The maximum atomic E-state index is 13.1. The SMILES string of the molecule is CCCCCCCCCCCC/C=C/CC/C=C/CC/C=C/C(O)C(COC1OC(CO)C(O)C(O)C1O)NC(=O)CCCCCCCCCCCCCCCCCCCCCCCCCCCCCCCCCCCC. The summed E-state index contributed by atoms with van der Waals surface area (Å²) < 4.78 is 11.3. The highest BCUT2D eigenvalue weighted by Crippen LogP contribution is 2.23. The maximum absolute atomic E-state index is 13.1. The van der Waals surface area contributed by atoms with Crippen molar-refractivity contribution >= 4 is 5.91 Å². The minimum Gasteiger partial charge on any atom is -0.394 e. The number of rotatable bonds is 59. The fraction of sp³-hybridized carbons (Fsp3) is 0.897. The van der Waals surface area contributed by atoms with Crippen LogP contribution >= 0.6 is 0 Å².